The van der Waals surface area contributed by atoms with Gasteiger partial charge in [0.05, 0.1) is 16.6 Å². The van der Waals surface area contributed by atoms with Gasteiger partial charge >= 0.3 is 0 Å². The van der Waals surface area contributed by atoms with Gasteiger partial charge in [0.25, 0.3) is 0 Å². The molecule has 0 bridgehead atoms. The van der Waals surface area contributed by atoms with Gasteiger partial charge in [-0.1, -0.05) is 0 Å². The number of pyridine rings is 1. The number of nitriles is 1. The summed E-state index contributed by atoms with van der Waals surface area (Å²) in [4.78, 5) is 15.6. The number of rotatable bonds is 2. The Balaban J connectivity index is 2.18. The van der Waals surface area contributed by atoms with Gasteiger partial charge in [0.2, 0.25) is 5.91 Å². The Bertz CT molecular complexity index is 906. The van der Waals surface area contributed by atoms with E-state index in [9.17, 15) is 15.2 Å². The third-order valence-corrected chi connectivity index (χ3v) is 3.11. The summed E-state index contributed by atoms with van der Waals surface area (Å²) in [7, 11) is 0. The van der Waals surface area contributed by atoms with E-state index in [1.807, 2.05) is 0 Å². The highest BCUT2D eigenvalue weighted by atomic mass is 16.3. The zero-order valence-electron chi connectivity index (χ0n) is 11.6. The molecule has 0 fully saturated rings. The molecule has 22 heavy (non-hydrogen) atoms. The van der Waals surface area contributed by atoms with E-state index in [0.717, 1.165) is 0 Å². The lowest BCUT2D eigenvalue weighted by molar-refractivity contribution is -0.114. The Morgan fingerprint density at radius 3 is 2.73 bits per heavy atom. The standard InChI is InChI=1S/C15H11N5O2/c1-8(21)17-14-12-6-10(7-16)13(18-15(12)20-19-14)9-2-4-11(22)5-3-9/h2-6,22H,1H3,(H2,17,18,19,20,21). The summed E-state index contributed by atoms with van der Waals surface area (Å²) in [6.45, 7) is 1.38. The number of nitrogens with zero attached hydrogens (tertiary/aromatic N) is 3. The highest BCUT2D eigenvalue weighted by molar-refractivity contribution is 5.98. The molecule has 7 nitrogen and oxygen atoms in total. The molecule has 0 aliphatic carbocycles. The lowest BCUT2D eigenvalue weighted by atomic mass is 10.1. The molecule has 0 unspecified atom stereocenters. The van der Waals surface area contributed by atoms with Gasteiger partial charge in [-0.15, -0.1) is 0 Å². The maximum atomic E-state index is 11.2. The molecule has 0 spiro atoms. The van der Waals surface area contributed by atoms with Crippen LogP contribution in [0.1, 0.15) is 12.5 Å². The predicted molar refractivity (Wildman–Crippen MR) is 80.0 cm³/mol. The van der Waals surface area contributed by atoms with Gasteiger partial charge in [-0.05, 0) is 30.3 Å². The predicted octanol–water partition coefficient (Wildman–Crippen LogP) is 2.16. The molecule has 0 atom stereocenters. The Hall–Kier alpha value is -3.40. The first-order chi connectivity index (χ1) is 10.6. The van der Waals surface area contributed by atoms with E-state index >= 15 is 0 Å². The summed E-state index contributed by atoms with van der Waals surface area (Å²) < 4.78 is 0. The van der Waals surface area contributed by atoms with Crippen molar-refractivity contribution in [2.45, 2.75) is 6.92 Å². The minimum atomic E-state index is -0.255. The van der Waals surface area contributed by atoms with Gasteiger partial charge in [-0.25, -0.2) is 4.98 Å². The first kappa shape index (κ1) is 13.6. The summed E-state index contributed by atoms with van der Waals surface area (Å²) in [6, 6.07) is 10.1. The SMILES string of the molecule is CC(=O)Nc1n[nH]c2nc(-c3ccc(O)cc3)c(C#N)cc12. The van der Waals surface area contributed by atoms with Gasteiger partial charge < -0.3 is 10.4 Å². The number of aromatic amines is 1. The molecule has 0 aliphatic heterocycles. The van der Waals surface area contributed by atoms with Crippen molar-refractivity contribution in [3.05, 3.63) is 35.9 Å². The van der Waals surface area contributed by atoms with E-state index in [1.165, 1.54) is 19.1 Å². The molecule has 3 aromatic rings. The number of anilines is 1. The lowest BCUT2D eigenvalue weighted by Gasteiger charge is -2.04. The second-order valence-electron chi connectivity index (χ2n) is 4.69. The van der Waals surface area contributed by atoms with Crippen LogP contribution < -0.4 is 5.32 Å². The number of phenols is 1. The highest BCUT2D eigenvalue weighted by Crippen LogP contribution is 2.28. The van der Waals surface area contributed by atoms with Crippen LogP contribution in [0.4, 0.5) is 5.82 Å². The number of H-pyrrole nitrogens is 1. The average molecular weight is 293 g/mol. The summed E-state index contributed by atoms with van der Waals surface area (Å²) >= 11 is 0. The Kier molecular flexibility index (Phi) is 3.20. The zero-order chi connectivity index (χ0) is 15.7. The Morgan fingerprint density at radius 2 is 2.09 bits per heavy atom. The number of aromatic hydroxyl groups is 1. The fraction of sp³-hybridized carbons (Fsp3) is 0.0667. The summed E-state index contributed by atoms with van der Waals surface area (Å²) in [5.41, 5.74) is 2.00. The van der Waals surface area contributed by atoms with Crippen LogP contribution >= 0.6 is 0 Å². The average Bonchev–Trinajstić information content (AvgIpc) is 2.88. The van der Waals surface area contributed by atoms with E-state index in [1.54, 1.807) is 18.2 Å². The van der Waals surface area contributed by atoms with Crippen LogP contribution in [0, 0.1) is 11.3 Å². The van der Waals surface area contributed by atoms with Crippen molar-refractivity contribution in [1.29, 1.82) is 5.26 Å². The third kappa shape index (κ3) is 2.33. The highest BCUT2D eigenvalue weighted by Gasteiger charge is 2.14. The monoisotopic (exact) mass is 293 g/mol. The van der Waals surface area contributed by atoms with E-state index in [-0.39, 0.29) is 11.7 Å². The van der Waals surface area contributed by atoms with E-state index in [4.69, 9.17) is 0 Å². The fourth-order valence-electron chi connectivity index (χ4n) is 2.13. The number of hydrogen-bond acceptors (Lipinski definition) is 5. The molecule has 1 amide bonds. The van der Waals surface area contributed by atoms with E-state index in [0.29, 0.717) is 33.7 Å². The maximum Gasteiger partial charge on any atom is 0.222 e. The first-order valence-corrected chi connectivity index (χ1v) is 6.44. The third-order valence-electron chi connectivity index (χ3n) is 3.11. The minimum Gasteiger partial charge on any atom is -0.508 e. The second kappa shape index (κ2) is 5.18. The van der Waals surface area contributed by atoms with Crippen LogP contribution in [0.5, 0.6) is 5.75 Å². The number of benzene rings is 1. The number of aromatic nitrogens is 3. The largest absolute Gasteiger partial charge is 0.508 e. The van der Waals surface area contributed by atoms with Crippen molar-refractivity contribution < 1.29 is 9.90 Å². The van der Waals surface area contributed by atoms with Crippen LogP contribution in [0.25, 0.3) is 22.3 Å². The molecule has 0 aliphatic rings. The van der Waals surface area contributed by atoms with Crippen LogP contribution in [-0.2, 0) is 4.79 Å². The Labute approximate surface area is 125 Å². The molecule has 3 N–H and O–H groups in total. The molecule has 0 saturated heterocycles. The van der Waals surface area contributed by atoms with E-state index in [2.05, 4.69) is 26.6 Å². The molecule has 3 rings (SSSR count). The lowest BCUT2D eigenvalue weighted by Crippen LogP contribution is -2.06. The molecule has 0 radical (unpaired) electrons. The van der Waals surface area contributed by atoms with Crippen molar-refractivity contribution >= 4 is 22.8 Å². The van der Waals surface area contributed by atoms with Gasteiger partial charge in [-0.3, -0.25) is 9.89 Å². The molecule has 2 heterocycles. The van der Waals surface area contributed by atoms with Crippen molar-refractivity contribution in [2.75, 3.05) is 5.32 Å². The number of phenolic OH excluding ortho intramolecular Hbond substituents is 1. The van der Waals surface area contributed by atoms with Gasteiger partial charge in [0, 0.05) is 12.5 Å². The molecular weight excluding hydrogens is 282 g/mol. The number of carbonyl (C=O) groups excluding carboxylic acids is 1. The topological polar surface area (TPSA) is 115 Å². The summed E-state index contributed by atoms with van der Waals surface area (Å²) in [5, 5.41) is 28.6. The van der Waals surface area contributed by atoms with Crippen LogP contribution in [0.3, 0.4) is 0 Å². The van der Waals surface area contributed by atoms with Crippen LogP contribution in [-0.4, -0.2) is 26.2 Å². The number of hydrogen-bond donors (Lipinski definition) is 3. The van der Waals surface area contributed by atoms with Gasteiger partial charge in [0.15, 0.2) is 11.5 Å². The number of nitrogens with one attached hydrogen (secondary N) is 2. The second-order valence-corrected chi connectivity index (χ2v) is 4.69. The van der Waals surface area contributed by atoms with Crippen molar-refractivity contribution in [3.63, 3.8) is 0 Å². The number of fused-ring (bicyclic) bond motifs is 1. The molecule has 1 aromatic carbocycles. The van der Waals surface area contributed by atoms with Crippen molar-refractivity contribution in [3.8, 4) is 23.1 Å². The van der Waals surface area contributed by atoms with E-state index < -0.39 is 0 Å². The fourth-order valence-corrected chi connectivity index (χ4v) is 2.13. The van der Waals surface area contributed by atoms with Crippen LogP contribution in [0.15, 0.2) is 30.3 Å². The Morgan fingerprint density at radius 1 is 1.36 bits per heavy atom. The van der Waals surface area contributed by atoms with Crippen LogP contribution in [0.2, 0.25) is 0 Å². The molecule has 7 heteroatoms. The summed E-state index contributed by atoms with van der Waals surface area (Å²) in [5.74, 6) is 0.219. The minimum absolute atomic E-state index is 0.137. The smallest absolute Gasteiger partial charge is 0.222 e. The van der Waals surface area contributed by atoms with Gasteiger partial charge in [-0.2, -0.15) is 10.4 Å². The number of carbonyl (C=O) groups is 1. The normalized spacial score (nSPS) is 10.4. The molecule has 108 valence electrons. The zero-order valence-corrected chi connectivity index (χ0v) is 11.6. The maximum absolute atomic E-state index is 11.2. The number of amides is 1. The van der Waals surface area contributed by atoms with Crippen molar-refractivity contribution in [1.82, 2.24) is 15.2 Å². The first-order valence-electron chi connectivity index (χ1n) is 6.44. The molecule has 2 aromatic heterocycles. The van der Waals surface area contributed by atoms with Crippen molar-refractivity contribution in [2.24, 2.45) is 0 Å². The van der Waals surface area contributed by atoms with Gasteiger partial charge in [0.1, 0.15) is 11.8 Å². The molecular formula is C15H11N5O2. The summed E-state index contributed by atoms with van der Waals surface area (Å²) in [6.07, 6.45) is 0. The quantitative estimate of drug-likeness (QED) is 0.669. The molecule has 0 saturated carbocycles.